The van der Waals surface area contributed by atoms with E-state index < -0.39 is 0 Å². The van der Waals surface area contributed by atoms with Crippen molar-refractivity contribution in [3.63, 3.8) is 0 Å². The molecule has 0 fully saturated rings. The van der Waals surface area contributed by atoms with Crippen LogP contribution >= 0.6 is 0 Å². The zero-order valence-electron chi connectivity index (χ0n) is 6.49. The van der Waals surface area contributed by atoms with Gasteiger partial charge in [0.2, 0.25) is 0 Å². The van der Waals surface area contributed by atoms with Crippen molar-refractivity contribution in [1.82, 2.24) is 0 Å². The number of rotatable bonds is 0. The van der Waals surface area contributed by atoms with Crippen LogP contribution in [0.5, 0.6) is 0 Å². The summed E-state index contributed by atoms with van der Waals surface area (Å²) in [6.45, 7) is 0.164. The van der Waals surface area contributed by atoms with E-state index >= 15 is 0 Å². The maximum atomic E-state index is 10.9. The van der Waals surface area contributed by atoms with Crippen molar-refractivity contribution in [3.05, 3.63) is 47.8 Å². The Morgan fingerprint density at radius 1 is 1.25 bits per heavy atom. The number of allylic oxidation sites excluding steroid dienone is 5. The summed E-state index contributed by atoms with van der Waals surface area (Å²) in [5, 5.41) is 0. The first-order valence-electron chi connectivity index (χ1n) is 3.79. The average molecular weight is 160 g/mol. The van der Waals surface area contributed by atoms with Crippen molar-refractivity contribution in [2.75, 3.05) is 6.61 Å². The van der Waals surface area contributed by atoms with Gasteiger partial charge in [-0.2, -0.15) is 0 Å². The number of hydrogen-bond acceptors (Lipinski definition) is 2. The van der Waals surface area contributed by atoms with Crippen LogP contribution in [0.1, 0.15) is 0 Å². The standard InChI is InChI=1S/C10H8O2/c11-9-6-8-4-2-1-3-5-10(8)12-7-9/h1-6H,7H2. The fraction of sp³-hybridized carbons (Fsp3) is 0.100. The Morgan fingerprint density at radius 2 is 2.17 bits per heavy atom. The van der Waals surface area contributed by atoms with Crippen molar-refractivity contribution < 1.29 is 9.53 Å². The molecule has 0 saturated carbocycles. The molecule has 0 bridgehead atoms. The maximum absolute atomic E-state index is 10.9. The Hall–Kier alpha value is -1.57. The third-order valence-electron chi connectivity index (χ3n) is 1.72. The van der Waals surface area contributed by atoms with Crippen LogP contribution in [0, 0.1) is 0 Å². The van der Waals surface area contributed by atoms with Crippen LogP contribution in [-0.2, 0) is 9.53 Å². The van der Waals surface area contributed by atoms with Gasteiger partial charge in [0.25, 0.3) is 0 Å². The van der Waals surface area contributed by atoms with E-state index in [9.17, 15) is 4.79 Å². The highest BCUT2D eigenvalue weighted by Crippen LogP contribution is 2.19. The molecule has 1 aliphatic carbocycles. The van der Waals surface area contributed by atoms with E-state index in [2.05, 4.69) is 0 Å². The van der Waals surface area contributed by atoms with Crippen LogP contribution in [-0.4, -0.2) is 12.4 Å². The van der Waals surface area contributed by atoms with Crippen LogP contribution in [0.3, 0.4) is 0 Å². The predicted octanol–water partition coefficient (Wildman–Crippen LogP) is 1.52. The fourth-order valence-electron chi connectivity index (χ4n) is 1.16. The first kappa shape index (κ1) is 7.10. The molecule has 1 aliphatic heterocycles. The second-order valence-corrected chi connectivity index (χ2v) is 2.63. The van der Waals surface area contributed by atoms with E-state index in [1.807, 2.05) is 30.4 Å². The topological polar surface area (TPSA) is 26.3 Å². The summed E-state index contributed by atoms with van der Waals surface area (Å²) < 4.78 is 5.21. The molecule has 0 radical (unpaired) electrons. The van der Waals surface area contributed by atoms with E-state index in [1.165, 1.54) is 0 Å². The summed E-state index contributed by atoms with van der Waals surface area (Å²) in [5.74, 6) is 0.799. The molecule has 2 heteroatoms. The molecular weight excluding hydrogens is 152 g/mol. The largest absolute Gasteiger partial charge is 0.485 e. The molecule has 2 nitrogen and oxygen atoms in total. The molecular formula is C10H8O2. The second-order valence-electron chi connectivity index (χ2n) is 2.63. The smallest absolute Gasteiger partial charge is 0.193 e. The predicted molar refractivity (Wildman–Crippen MR) is 45.4 cm³/mol. The second kappa shape index (κ2) is 2.81. The van der Waals surface area contributed by atoms with Gasteiger partial charge in [-0.1, -0.05) is 24.3 Å². The number of fused-ring (bicyclic) bond motifs is 1. The van der Waals surface area contributed by atoms with Gasteiger partial charge in [-0.05, 0) is 12.2 Å². The molecule has 1 heterocycles. The molecule has 60 valence electrons. The molecule has 0 spiro atoms. The lowest BCUT2D eigenvalue weighted by atomic mass is 10.1. The van der Waals surface area contributed by atoms with Crippen molar-refractivity contribution in [1.29, 1.82) is 0 Å². The third-order valence-corrected chi connectivity index (χ3v) is 1.72. The lowest BCUT2D eigenvalue weighted by Gasteiger charge is -2.13. The number of carbonyl (C=O) groups is 1. The number of carbonyl (C=O) groups excluding carboxylic acids is 1. The molecule has 2 aliphatic rings. The summed E-state index contributed by atoms with van der Waals surface area (Å²) in [4.78, 5) is 10.9. The molecule has 2 rings (SSSR count). The Bertz CT molecular complexity index is 330. The van der Waals surface area contributed by atoms with E-state index in [4.69, 9.17) is 4.74 Å². The van der Waals surface area contributed by atoms with Gasteiger partial charge in [0, 0.05) is 5.57 Å². The number of ketones is 1. The van der Waals surface area contributed by atoms with Gasteiger partial charge in [-0.3, -0.25) is 4.79 Å². The van der Waals surface area contributed by atoms with Gasteiger partial charge in [-0.25, -0.2) is 0 Å². The molecule has 0 amide bonds. The zero-order chi connectivity index (χ0) is 8.39. The minimum atomic E-state index is 0.0219. The van der Waals surface area contributed by atoms with Crippen LogP contribution < -0.4 is 0 Å². The van der Waals surface area contributed by atoms with Crippen molar-refractivity contribution in [2.45, 2.75) is 0 Å². The highest BCUT2D eigenvalue weighted by molar-refractivity contribution is 5.93. The normalized spacial score (nSPS) is 20.5. The summed E-state index contributed by atoms with van der Waals surface area (Å²) in [6, 6.07) is 0. The molecule has 0 atom stereocenters. The number of hydrogen-bond donors (Lipinski definition) is 0. The first-order chi connectivity index (χ1) is 5.86. The summed E-state index contributed by atoms with van der Waals surface area (Å²) in [7, 11) is 0. The summed E-state index contributed by atoms with van der Waals surface area (Å²) >= 11 is 0. The van der Waals surface area contributed by atoms with Crippen molar-refractivity contribution >= 4 is 5.78 Å². The van der Waals surface area contributed by atoms with Crippen LogP contribution in [0.2, 0.25) is 0 Å². The third kappa shape index (κ3) is 1.23. The SMILES string of the molecule is O=C1C=C2C=CC=CC=C2OC1. The van der Waals surface area contributed by atoms with Gasteiger partial charge in [0.15, 0.2) is 12.4 Å². The fourth-order valence-corrected chi connectivity index (χ4v) is 1.16. The summed E-state index contributed by atoms with van der Waals surface area (Å²) in [6.07, 6.45) is 11.0. The maximum Gasteiger partial charge on any atom is 0.193 e. The molecule has 0 N–H and O–H groups in total. The highest BCUT2D eigenvalue weighted by Gasteiger charge is 2.13. The van der Waals surface area contributed by atoms with Crippen LogP contribution in [0.15, 0.2) is 47.8 Å². The van der Waals surface area contributed by atoms with E-state index in [1.54, 1.807) is 6.08 Å². The quantitative estimate of drug-likeness (QED) is 0.537. The molecule has 0 aromatic heterocycles. The highest BCUT2D eigenvalue weighted by atomic mass is 16.5. The van der Waals surface area contributed by atoms with Crippen LogP contribution in [0.25, 0.3) is 0 Å². The van der Waals surface area contributed by atoms with Gasteiger partial charge in [0.05, 0.1) is 0 Å². The van der Waals surface area contributed by atoms with Gasteiger partial charge < -0.3 is 4.74 Å². The van der Waals surface area contributed by atoms with E-state index in [0.717, 1.165) is 11.3 Å². The minimum Gasteiger partial charge on any atom is -0.485 e. The Kier molecular flexibility index (Phi) is 1.67. The Balaban J connectivity index is 2.43. The van der Waals surface area contributed by atoms with Gasteiger partial charge in [-0.15, -0.1) is 0 Å². The number of ether oxygens (including phenoxy) is 1. The first-order valence-corrected chi connectivity index (χ1v) is 3.79. The van der Waals surface area contributed by atoms with Crippen molar-refractivity contribution in [2.24, 2.45) is 0 Å². The molecule has 0 aromatic rings. The summed E-state index contributed by atoms with van der Waals surface area (Å²) in [5.41, 5.74) is 0.858. The van der Waals surface area contributed by atoms with E-state index in [-0.39, 0.29) is 12.4 Å². The molecule has 0 unspecified atom stereocenters. The minimum absolute atomic E-state index is 0.0219. The van der Waals surface area contributed by atoms with Gasteiger partial charge in [0.1, 0.15) is 5.76 Å². The lowest BCUT2D eigenvalue weighted by molar-refractivity contribution is -0.118. The van der Waals surface area contributed by atoms with E-state index in [0.29, 0.717) is 0 Å². The van der Waals surface area contributed by atoms with Crippen LogP contribution in [0.4, 0.5) is 0 Å². The average Bonchev–Trinajstić information content (AvgIpc) is 2.28. The molecule has 0 aromatic carbocycles. The van der Waals surface area contributed by atoms with Gasteiger partial charge >= 0.3 is 0 Å². The molecule has 0 saturated heterocycles. The monoisotopic (exact) mass is 160 g/mol. The lowest BCUT2D eigenvalue weighted by Crippen LogP contribution is -2.12. The van der Waals surface area contributed by atoms with Crippen molar-refractivity contribution in [3.8, 4) is 0 Å². The Morgan fingerprint density at radius 3 is 3.08 bits per heavy atom. The zero-order valence-corrected chi connectivity index (χ0v) is 6.49. The Labute approximate surface area is 70.5 Å². The molecule has 12 heavy (non-hydrogen) atoms.